The molecular formula is C27H36FN3O2. The summed E-state index contributed by atoms with van der Waals surface area (Å²) in [5.41, 5.74) is 2.72. The normalized spacial score (nSPS) is 18.9. The van der Waals surface area contributed by atoms with Crippen LogP contribution in [0.15, 0.2) is 49.1 Å². The molecular weight excluding hydrogens is 417 g/mol. The van der Waals surface area contributed by atoms with E-state index in [9.17, 15) is 14.3 Å². The molecule has 6 heteroatoms. The number of nitrogens with zero attached hydrogens (tertiary/aromatic N) is 3. The number of piperazine rings is 1. The van der Waals surface area contributed by atoms with Gasteiger partial charge in [0.1, 0.15) is 11.6 Å². The van der Waals surface area contributed by atoms with Crippen molar-refractivity contribution in [3.63, 3.8) is 0 Å². The molecule has 1 aliphatic heterocycles. The van der Waals surface area contributed by atoms with Gasteiger partial charge in [-0.1, -0.05) is 12.1 Å². The molecule has 3 rings (SSSR count). The molecule has 1 N–H and O–H groups in total. The molecule has 1 aliphatic rings. The Kier molecular flexibility index (Phi) is 8.14. The Morgan fingerprint density at radius 1 is 1.18 bits per heavy atom. The highest BCUT2D eigenvalue weighted by Gasteiger charge is 2.31. The van der Waals surface area contributed by atoms with E-state index in [-0.39, 0.29) is 29.9 Å². The van der Waals surface area contributed by atoms with Crippen molar-refractivity contribution in [2.24, 2.45) is 0 Å². The van der Waals surface area contributed by atoms with E-state index < -0.39 is 0 Å². The minimum atomic E-state index is -0.388. The molecule has 178 valence electrons. The predicted molar refractivity (Wildman–Crippen MR) is 133 cm³/mol. The molecule has 2 aromatic carbocycles. The SMILES string of the molecule is C=CCN1C[C@@H](C)N(c2cccc(C(=O)N(CC)CC)c2Cc2cc(O)ccc2F)C[C@@H]1C. The van der Waals surface area contributed by atoms with E-state index in [0.29, 0.717) is 30.3 Å². The van der Waals surface area contributed by atoms with E-state index in [0.717, 1.165) is 30.9 Å². The summed E-state index contributed by atoms with van der Waals surface area (Å²) in [4.78, 5) is 19.9. The molecule has 0 bridgehead atoms. The third kappa shape index (κ3) is 5.38. The molecule has 2 atom stereocenters. The van der Waals surface area contributed by atoms with E-state index in [1.165, 1.54) is 18.2 Å². The summed E-state index contributed by atoms with van der Waals surface area (Å²) in [6.07, 6.45) is 2.16. The van der Waals surface area contributed by atoms with E-state index in [4.69, 9.17) is 0 Å². The van der Waals surface area contributed by atoms with Gasteiger partial charge in [-0.15, -0.1) is 6.58 Å². The first kappa shape index (κ1) is 24.8. The fourth-order valence-electron chi connectivity index (χ4n) is 4.75. The van der Waals surface area contributed by atoms with Crippen molar-refractivity contribution in [2.45, 2.75) is 46.2 Å². The fraction of sp³-hybridized carbons (Fsp3) is 0.444. The van der Waals surface area contributed by atoms with Gasteiger partial charge in [0, 0.05) is 62.5 Å². The molecule has 0 saturated carbocycles. The highest BCUT2D eigenvalue weighted by atomic mass is 19.1. The molecule has 0 spiro atoms. The summed E-state index contributed by atoms with van der Waals surface area (Å²) in [5.74, 6) is -0.426. The highest BCUT2D eigenvalue weighted by molar-refractivity contribution is 5.97. The van der Waals surface area contributed by atoms with Gasteiger partial charge in [0.2, 0.25) is 0 Å². The van der Waals surface area contributed by atoms with Crippen LogP contribution in [0.2, 0.25) is 0 Å². The number of anilines is 1. The van der Waals surface area contributed by atoms with Crippen LogP contribution in [0.1, 0.15) is 49.2 Å². The second-order valence-electron chi connectivity index (χ2n) is 8.83. The topological polar surface area (TPSA) is 47.0 Å². The van der Waals surface area contributed by atoms with Crippen LogP contribution in [-0.4, -0.2) is 65.6 Å². The Balaban J connectivity index is 2.10. The number of phenols is 1. The number of amides is 1. The van der Waals surface area contributed by atoms with Crippen molar-refractivity contribution in [1.29, 1.82) is 0 Å². The summed E-state index contributed by atoms with van der Waals surface area (Å²) in [5, 5.41) is 9.97. The molecule has 0 unspecified atom stereocenters. The van der Waals surface area contributed by atoms with Crippen LogP contribution in [0.25, 0.3) is 0 Å². The van der Waals surface area contributed by atoms with Crippen molar-refractivity contribution in [3.05, 3.63) is 71.6 Å². The van der Waals surface area contributed by atoms with Gasteiger partial charge >= 0.3 is 0 Å². The van der Waals surface area contributed by atoms with Gasteiger partial charge in [0.15, 0.2) is 0 Å². The zero-order valence-electron chi connectivity index (χ0n) is 20.2. The Labute approximate surface area is 197 Å². The Morgan fingerprint density at radius 2 is 1.91 bits per heavy atom. The number of benzene rings is 2. The third-order valence-electron chi connectivity index (χ3n) is 6.62. The lowest BCUT2D eigenvalue weighted by Crippen LogP contribution is -2.56. The Hall–Kier alpha value is -2.86. The average Bonchev–Trinajstić information content (AvgIpc) is 2.79. The lowest BCUT2D eigenvalue weighted by atomic mass is 9.94. The van der Waals surface area contributed by atoms with Crippen molar-refractivity contribution in [3.8, 4) is 5.75 Å². The van der Waals surface area contributed by atoms with Gasteiger partial charge in [-0.2, -0.15) is 0 Å². The fourth-order valence-corrected chi connectivity index (χ4v) is 4.75. The first-order chi connectivity index (χ1) is 15.8. The smallest absolute Gasteiger partial charge is 0.254 e. The number of hydrogen-bond donors (Lipinski definition) is 1. The molecule has 5 nitrogen and oxygen atoms in total. The van der Waals surface area contributed by atoms with Crippen molar-refractivity contribution >= 4 is 11.6 Å². The van der Waals surface area contributed by atoms with Crippen LogP contribution in [-0.2, 0) is 6.42 Å². The highest BCUT2D eigenvalue weighted by Crippen LogP contribution is 2.33. The van der Waals surface area contributed by atoms with Gasteiger partial charge in [-0.3, -0.25) is 9.69 Å². The molecule has 2 aromatic rings. The monoisotopic (exact) mass is 453 g/mol. The number of hydrogen-bond acceptors (Lipinski definition) is 4. The maximum Gasteiger partial charge on any atom is 0.254 e. The molecule has 0 aromatic heterocycles. The molecule has 1 heterocycles. The average molecular weight is 454 g/mol. The molecule has 0 aliphatic carbocycles. The number of carbonyl (C=O) groups is 1. The van der Waals surface area contributed by atoms with Crippen LogP contribution >= 0.6 is 0 Å². The molecule has 1 amide bonds. The van der Waals surface area contributed by atoms with E-state index in [2.05, 4.69) is 30.2 Å². The Bertz CT molecular complexity index is 989. The maximum absolute atomic E-state index is 14.7. The third-order valence-corrected chi connectivity index (χ3v) is 6.62. The number of phenolic OH excluding ortho intramolecular Hbond substituents is 1. The van der Waals surface area contributed by atoms with Crippen molar-refractivity contribution < 1.29 is 14.3 Å². The van der Waals surface area contributed by atoms with Crippen LogP contribution in [0.3, 0.4) is 0 Å². The largest absolute Gasteiger partial charge is 0.508 e. The second kappa shape index (κ2) is 10.8. The minimum absolute atomic E-state index is 0.0144. The van der Waals surface area contributed by atoms with Crippen molar-refractivity contribution in [1.82, 2.24) is 9.80 Å². The first-order valence-corrected chi connectivity index (χ1v) is 11.8. The lowest BCUT2D eigenvalue weighted by molar-refractivity contribution is 0.0772. The summed E-state index contributed by atoms with van der Waals surface area (Å²) >= 11 is 0. The second-order valence-corrected chi connectivity index (χ2v) is 8.83. The zero-order chi connectivity index (χ0) is 24.1. The number of rotatable bonds is 8. The molecule has 1 saturated heterocycles. The van der Waals surface area contributed by atoms with Crippen LogP contribution in [0, 0.1) is 5.82 Å². The van der Waals surface area contributed by atoms with Gasteiger partial charge in [-0.25, -0.2) is 4.39 Å². The predicted octanol–water partition coefficient (Wildman–Crippen LogP) is 4.69. The van der Waals surface area contributed by atoms with E-state index in [1.54, 1.807) is 4.90 Å². The number of halogens is 1. The first-order valence-electron chi connectivity index (χ1n) is 11.8. The standard InChI is InChI=1S/C27H36FN3O2/c1-6-14-30-17-20(5)31(18-19(30)4)26-11-9-10-23(27(33)29(7-2)8-3)24(26)16-21-15-22(32)12-13-25(21)28/h6,9-13,15,19-20,32H,1,7-8,14,16-18H2,2-5H3/t19-,20+/m0/s1. The van der Waals surface area contributed by atoms with Gasteiger partial charge < -0.3 is 14.9 Å². The maximum atomic E-state index is 14.7. The summed E-state index contributed by atoms with van der Waals surface area (Å²) < 4.78 is 14.7. The quantitative estimate of drug-likeness (QED) is 0.589. The Morgan fingerprint density at radius 3 is 2.58 bits per heavy atom. The summed E-state index contributed by atoms with van der Waals surface area (Å²) in [6.45, 7) is 15.9. The van der Waals surface area contributed by atoms with E-state index in [1.807, 2.05) is 38.1 Å². The van der Waals surface area contributed by atoms with Gasteiger partial charge in [0.05, 0.1) is 0 Å². The van der Waals surface area contributed by atoms with Crippen molar-refractivity contribution in [2.75, 3.05) is 37.6 Å². The van der Waals surface area contributed by atoms with Gasteiger partial charge in [0.25, 0.3) is 5.91 Å². The number of aromatic hydroxyl groups is 1. The van der Waals surface area contributed by atoms with Crippen LogP contribution in [0.4, 0.5) is 10.1 Å². The molecule has 0 radical (unpaired) electrons. The molecule has 33 heavy (non-hydrogen) atoms. The minimum Gasteiger partial charge on any atom is -0.508 e. The summed E-state index contributed by atoms with van der Waals surface area (Å²) in [6, 6.07) is 10.4. The summed E-state index contributed by atoms with van der Waals surface area (Å²) in [7, 11) is 0. The van der Waals surface area contributed by atoms with Crippen LogP contribution < -0.4 is 4.90 Å². The molecule has 1 fully saturated rings. The van der Waals surface area contributed by atoms with E-state index >= 15 is 0 Å². The zero-order valence-corrected chi connectivity index (χ0v) is 20.2. The lowest BCUT2D eigenvalue weighted by Gasteiger charge is -2.46. The van der Waals surface area contributed by atoms with Crippen LogP contribution in [0.5, 0.6) is 5.75 Å². The van der Waals surface area contributed by atoms with Gasteiger partial charge in [-0.05, 0) is 69.2 Å². The number of carbonyl (C=O) groups excluding carboxylic acids is 1.